The van der Waals surface area contributed by atoms with Gasteiger partial charge in [-0.3, -0.25) is 9.59 Å². The fourth-order valence-electron chi connectivity index (χ4n) is 3.48. The van der Waals surface area contributed by atoms with Crippen LogP contribution in [0.3, 0.4) is 0 Å². The Balaban J connectivity index is 1.56. The quantitative estimate of drug-likeness (QED) is 0.763. The Labute approximate surface area is 177 Å². The van der Waals surface area contributed by atoms with Gasteiger partial charge in [-0.05, 0) is 55.3 Å². The van der Waals surface area contributed by atoms with E-state index in [1.807, 2.05) is 0 Å². The van der Waals surface area contributed by atoms with E-state index >= 15 is 0 Å². The lowest BCUT2D eigenvalue weighted by molar-refractivity contribution is -0.137. The van der Waals surface area contributed by atoms with E-state index in [0.717, 1.165) is 12.1 Å². The molecule has 1 heterocycles. The minimum absolute atomic E-state index is 0.164. The van der Waals surface area contributed by atoms with Gasteiger partial charge in [-0.2, -0.15) is 13.2 Å². The maximum Gasteiger partial charge on any atom is 0.416 e. The number of likely N-dealkylation sites (tertiary alicyclic amines) is 1. The van der Waals surface area contributed by atoms with E-state index in [2.05, 4.69) is 5.32 Å². The van der Waals surface area contributed by atoms with Gasteiger partial charge in [0, 0.05) is 30.3 Å². The molecule has 6 nitrogen and oxygen atoms in total. The summed E-state index contributed by atoms with van der Waals surface area (Å²) in [5.41, 5.74) is -0.000350. The zero-order chi connectivity index (χ0) is 22.6. The normalized spacial score (nSPS) is 14.8. The van der Waals surface area contributed by atoms with Crippen molar-refractivity contribution >= 4 is 17.5 Å². The SMILES string of the molecule is COc1ccc(C(=O)N2CCC(C(=O)Nc3ccc(C(F)(F)F)cc3)CC2)cc1OC. The topological polar surface area (TPSA) is 67.9 Å². The largest absolute Gasteiger partial charge is 0.493 e. The number of halogens is 3. The van der Waals surface area contributed by atoms with E-state index in [9.17, 15) is 22.8 Å². The zero-order valence-electron chi connectivity index (χ0n) is 17.2. The maximum atomic E-state index is 12.8. The fourth-order valence-corrected chi connectivity index (χ4v) is 3.48. The van der Waals surface area contributed by atoms with E-state index in [1.165, 1.54) is 26.4 Å². The van der Waals surface area contributed by atoms with Crippen LogP contribution in [0.5, 0.6) is 11.5 Å². The highest BCUT2D eigenvalue weighted by Crippen LogP contribution is 2.31. The van der Waals surface area contributed by atoms with Gasteiger partial charge in [0.05, 0.1) is 19.8 Å². The number of alkyl halides is 3. The number of benzene rings is 2. The molecule has 0 radical (unpaired) electrons. The van der Waals surface area contributed by atoms with Crippen LogP contribution in [0.25, 0.3) is 0 Å². The summed E-state index contributed by atoms with van der Waals surface area (Å²) in [6.07, 6.45) is -3.49. The summed E-state index contributed by atoms with van der Waals surface area (Å²) < 4.78 is 48.3. The molecule has 1 aliphatic heterocycles. The van der Waals surface area contributed by atoms with Crippen molar-refractivity contribution in [2.75, 3.05) is 32.6 Å². The van der Waals surface area contributed by atoms with Crippen molar-refractivity contribution in [1.82, 2.24) is 4.90 Å². The molecule has 2 aromatic rings. The van der Waals surface area contributed by atoms with Crippen molar-refractivity contribution in [2.24, 2.45) is 5.92 Å². The summed E-state index contributed by atoms with van der Waals surface area (Å²) in [6.45, 7) is 0.802. The molecule has 1 fully saturated rings. The van der Waals surface area contributed by atoms with Crippen molar-refractivity contribution < 1.29 is 32.2 Å². The van der Waals surface area contributed by atoms with Gasteiger partial charge in [0.15, 0.2) is 11.5 Å². The molecule has 9 heteroatoms. The van der Waals surface area contributed by atoms with Gasteiger partial charge in [0.1, 0.15) is 0 Å². The number of piperidine rings is 1. The van der Waals surface area contributed by atoms with Gasteiger partial charge >= 0.3 is 6.18 Å². The van der Waals surface area contributed by atoms with Crippen molar-refractivity contribution in [3.63, 3.8) is 0 Å². The van der Waals surface area contributed by atoms with Gasteiger partial charge in [-0.15, -0.1) is 0 Å². The smallest absolute Gasteiger partial charge is 0.416 e. The number of methoxy groups -OCH3 is 2. The Morgan fingerprint density at radius 2 is 1.58 bits per heavy atom. The highest BCUT2D eigenvalue weighted by atomic mass is 19.4. The third-order valence-electron chi connectivity index (χ3n) is 5.26. The number of rotatable bonds is 5. The van der Waals surface area contributed by atoms with Crippen LogP contribution in [0.2, 0.25) is 0 Å². The second-order valence-electron chi connectivity index (χ2n) is 7.20. The van der Waals surface area contributed by atoms with Gasteiger partial charge < -0.3 is 19.7 Å². The monoisotopic (exact) mass is 436 g/mol. The number of carbonyl (C=O) groups excluding carboxylic acids is 2. The standard InChI is InChI=1S/C22H23F3N2O4/c1-30-18-8-3-15(13-19(18)31-2)21(29)27-11-9-14(10-12-27)20(28)26-17-6-4-16(5-7-17)22(23,24)25/h3-8,13-14H,9-12H2,1-2H3,(H,26,28). The average Bonchev–Trinajstić information content (AvgIpc) is 2.78. The summed E-state index contributed by atoms with van der Waals surface area (Å²) in [5.74, 6) is 0.231. The molecule has 1 saturated heterocycles. The van der Waals surface area contributed by atoms with Crippen LogP contribution in [0, 0.1) is 5.92 Å². The lowest BCUT2D eigenvalue weighted by atomic mass is 9.95. The lowest BCUT2D eigenvalue weighted by Gasteiger charge is -2.31. The predicted molar refractivity (Wildman–Crippen MR) is 108 cm³/mol. The molecule has 0 saturated carbocycles. The van der Waals surface area contributed by atoms with Crippen LogP contribution in [-0.4, -0.2) is 44.0 Å². The highest BCUT2D eigenvalue weighted by molar-refractivity contribution is 5.96. The fraction of sp³-hybridized carbons (Fsp3) is 0.364. The number of nitrogens with zero attached hydrogens (tertiary/aromatic N) is 1. The summed E-state index contributed by atoms with van der Waals surface area (Å²) >= 11 is 0. The number of carbonyl (C=O) groups is 2. The third kappa shape index (κ3) is 5.28. The lowest BCUT2D eigenvalue weighted by Crippen LogP contribution is -2.41. The van der Waals surface area contributed by atoms with Crippen LogP contribution in [0.1, 0.15) is 28.8 Å². The minimum Gasteiger partial charge on any atom is -0.493 e. The molecule has 0 bridgehead atoms. The highest BCUT2D eigenvalue weighted by Gasteiger charge is 2.31. The van der Waals surface area contributed by atoms with E-state index in [1.54, 1.807) is 23.1 Å². The van der Waals surface area contributed by atoms with E-state index in [-0.39, 0.29) is 17.7 Å². The Hall–Kier alpha value is -3.23. The molecule has 3 rings (SSSR count). The van der Waals surface area contributed by atoms with E-state index in [0.29, 0.717) is 48.7 Å². The molecule has 0 unspecified atom stereocenters. The molecule has 1 aliphatic rings. The van der Waals surface area contributed by atoms with E-state index < -0.39 is 11.7 Å². The zero-order valence-corrected chi connectivity index (χ0v) is 17.2. The molecular formula is C22H23F3N2O4. The number of anilines is 1. The summed E-state index contributed by atoms with van der Waals surface area (Å²) in [4.78, 5) is 26.9. The Bertz CT molecular complexity index is 937. The van der Waals surface area contributed by atoms with E-state index in [4.69, 9.17) is 9.47 Å². The first-order valence-corrected chi connectivity index (χ1v) is 9.72. The second-order valence-corrected chi connectivity index (χ2v) is 7.20. The van der Waals surface area contributed by atoms with Crippen molar-refractivity contribution in [1.29, 1.82) is 0 Å². The Morgan fingerprint density at radius 1 is 0.968 bits per heavy atom. The van der Waals surface area contributed by atoms with Crippen LogP contribution in [-0.2, 0) is 11.0 Å². The maximum absolute atomic E-state index is 12.8. The van der Waals surface area contributed by atoms with Crippen molar-refractivity contribution in [2.45, 2.75) is 19.0 Å². The van der Waals surface area contributed by atoms with Crippen LogP contribution >= 0.6 is 0 Å². The molecule has 166 valence electrons. The van der Waals surface area contributed by atoms with Crippen LogP contribution < -0.4 is 14.8 Å². The first kappa shape index (κ1) is 22.5. The van der Waals surface area contributed by atoms with Crippen LogP contribution in [0.4, 0.5) is 18.9 Å². The Morgan fingerprint density at radius 3 is 2.13 bits per heavy atom. The number of hydrogen-bond donors (Lipinski definition) is 1. The molecule has 0 aliphatic carbocycles. The van der Waals surface area contributed by atoms with Gasteiger partial charge in [-0.1, -0.05) is 0 Å². The number of ether oxygens (including phenoxy) is 2. The third-order valence-corrected chi connectivity index (χ3v) is 5.26. The molecule has 0 atom stereocenters. The summed E-state index contributed by atoms with van der Waals surface area (Å²) in [6, 6.07) is 9.26. The molecular weight excluding hydrogens is 413 g/mol. The predicted octanol–water partition coefficient (Wildman–Crippen LogP) is 4.21. The summed E-state index contributed by atoms with van der Waals surface area (Å²) in [7, 11) is 3.01. The van der Waals surface area contributed by atoms with Gasteiger partial charge in [0.2, 0.25) is 5.91 Å². The number of amides is 2. The minimum atomic E-state index is -4.42. The number of hydrogen-bond acceptors (Lipinski definition) is 4. The van der Waals surface area contributed by atoms with Crippen LogP contribution in [0.15, 0.2) is 42.5 Å². The molecule has 31 heavy (non-hydrogen) atoms. The molecule has 2 amide bonds. The molecule has 0 aromatic heterocycles. The Kier molecular flexibility index (Phi) is 6.72. The first-order valence-electron chi connectivity index (χ1n) is 9.72. The van der Waals surface area contributed by atoms with Gasteiger partial charge in [-0.25, -0.2) is 0 Å². The average molecular weight is 436 g/mol. The molecule has 0 spiro atoms. The number of nitrogens with one attached hydrogen (secondary N) is 1. The molecule has 2 aromatic carbocycles. The second kappa shape index (κ2) is 9.28. The van der Waals surface area contributed by atoms with Gasteiger partial charge in [0.25, 0.3) is 5.91 Å². The summed E-state index contributed by atoms with van der Waals surface area (Å²) in [5, 5.41) is 2.65. The molecule has 1 N–H and O–H groups in total. The van der Waals surface area contributed by atoms with Crippen molar-refractivity contribution in [3.05, 3.63) is 53.6 Å². The van der Waals surface area contributed by atoms with Crippen molar-refractivity contribution in [3.8, 4) is 11.5 Å². The first-order chi connectivity index (χ1) is 14.7.